The Bertz CT molecular complexity index is 389. The van der Waals surface area contributed by atoms with Gasteiger partial charge in [0, 0.05) is 22.9 Å². The maximum absolute atomic E-state index is 12.0. The number of nitrogens with zero attached hydrogens (tertiary/aromatic N) is 1. The summed E-state index contributed by atoms with van der Waals surface area (Å²) in [4.78, 5) is 16.0. The van der Waals surface area contributed by atoms with Gasteiger partial charge in [0.15, 0.2) is 0 Å². The van der Waals surface area contributed by atoms with Crippen LogP contribution in [0.5, 0.6) is 0 Å². The molecule has 0 aliphatic carbocycles. The maximum Gasteiger partial charge on any atom is 0.253 e. The van der Waals surface area contributed by atoms with E-state index in [-0.39, 0.29) is 11.9 Å². The molecular formula is C12H16BrN3O. The third-order valence-corrected chi connectivity index (χ3v) is 3.31. The summed E-state index contributed by atoms with van der Waals surface area (Å²) < 4.78 is 0.827. The molecule has 92 valence electrons. The molecule has 2 N–H and O–H groups in total. The molecule has 1 aliphatic rings. The van der Waals surface area contributed by atoms with Gasteiger partial charge in [-0.15, -0.1) is 0 Å². The number of carbonyl (C=O) groups is 1. The molecule has 2 rings (SSSR count). The number of rotatable bonds is 2. The lowest BCUT2D eigenvalue weighted by molar-refractivity contribution is 0.0933. The normalized spacial score (nSPS) is 20.6. The van der Waals surface area contributed by atoms with Gasteiger partial charge in [0.25, 0.3) is 5.91 Å². The molecule has 5 heteroatoms. The topological polar surface area (TPSA) is 54.0 Å². The molecule has 4 nitrogen and oxygen atoms in total. The first-order chi connectivity index (χ1) is 8.25. The molecule has 1 atom stereocenters. The minimum atomic E-state index is -0.0364. The van der Waals surface area contributed by atoms with E-state index in [4.69, 9.17) is 0 Å². The predicted octanol–water partition coefficient (Wildman–Crippen LogP) is 1.72. The van der Waals surface area contributed by atoms with Crippen molar-refractivity contribution < 1.29 is 4.79 Å². The second-order valence-corrected chi connectivity index (χ2v) is 5.16. The third kappa shape index (κ3) is 3.78. The van der Waals surface area contributed by atoms with Crippen LogP contribution in [0.25, 0.3) is 0 Å². The number of hydrogen-bond acceptors (Lipinski definition) is 3. The Labute approximate surface area is 109 Å². The monoisotopic (exact) mass is 297 g/mol. The molecule has 1 saturated heterocycles. The lowest BCUT2D eigenvalue weighted by Gasteiger charge is -2.15. The quantitative estimate of drug-likeness (QED) is 0.874. The predicted molar refractivity (Wildman–Crippen MR) is 69.9 cm³/mol. The van der Waals surface area contributed by atoms with Crippen LogP contribution in [0.1, 0.15) is 29.6 Å². The highest BCUT2D eigenvalue weighted by molar-refractivity contribution is 9.10. The molecule has 1 unspecified atom stereocenters. The van der Waals surface area contributed by atoms with Gasteiger partial charge in [0.2, 0.25) is 0 Å². The zero-order chi connectivity index (χ0) is 12.1. The maximum atomic E-state index is 12.0. The summed E-state index contributed by atoms with van der Waals surface area (Å²) in [5, 5.41) is 6.39. The van der Waals surface area contributed by atoms with E-state index in [1.54, 1.807) is 18.5 Å². The van der Waals surface area contributed by atoms with Gasteiger partial charge in [-0.3, -0.25) is 9.78 Å². The molecule has 1 aliphatic heterocycles. The van der Waals surface area contributed by atoms with E-state index in [1.807, 2.05) is 0 Å². The van der Waals surface area contributed by atoms with Gasteiger partial charge >= 0.3 is 0 Å². The Balaban J connectivity index is 1.96. The van der Waals surface area contributed by atoms with Crippen LogP contribution in [-0.2, 0) is 0 Å². The van der Waals surface area contributed by atoms with Crippen LogP contribution in [0.3, 0.4) is 0 Å². The van der Waals surface area contributed by atoms with Crippen molar-refractivity contribution in [2.75, 3.05) is 13.1 Å². The zero-order valence-electron chi connectivity index (χ0n) is 9.58. The summed E-state index contributed by atoms with van der Waals surface area (Å²) in [7, 11) is 0. The molecule has 0 saturated carbocycles. The molecule has 1 fully saturated rings. The first-order valence-corrected chi connectivity index (χ1v) is 6.67. The van der Waals surface area contributed by atoms with E-state index in [1.165, 1.54) is 0 Å². The summed E-state index contributed by atoms with van der Waals surface area (Å²) >= 11 is 3.32. The minimum absolute atomic E-state index is 0.0364. The number of carbonyl (C=O) groups excluding carboxylic acids is 1. The second kappa shape index (κ2) is 6.12. The molecular weight excluding hydrogens is 282 g/mol. The van der Waals surface area contributed by atoms with Crippen LogP contribution < -0.4 is 10.6 Å². The molecule has 1 amide bonds. The number of nitrogens with one attached hydrogen (secondary N) is 2. The standard InChI is InChI=1S/C12H16BrN3O/c13-10-6-9(7-15-8-10)12(17)16-11-2-1-4-14-5-3-11/h6-8,11,14H,1-5H2,(H,16,17). The van der Waals surface area contributed by atoms with Gasteiger partial charge in [-0.2, -0.15) is 0 Å². The summed E-state index contributed by atoms with van der Waals surface area (Å²) in [5.41, 5.74) is 0.608. The van der Waals surface area contributed by atoms with Crippen LogP contribution in [0.15, 0.2) is 22.9 Å². The van der Waals surface area contributed by atoms with Crippen molar-refractivity contribution in [2.24, 2.45) is 0 Å². The fraction of sp³-hybridized carbons (Fsp3) is 0.500. The van der Waals surface area contributed by atoms with Crippen LogP contribution in [0.4, 0.5) is 0 Å². The van der Waals surface area contributed by atoms with Gasteiger partial charge in [0.1, 0.15) is 0 Å². The van der Waals surface area contributed by atoms with E-state index < -0.39 is 0 Å². The second-order valence-electron chi connectivity index (χ2n) is 4.24. The van der Waals surface area contributed by atoms with Gasteiger partial charge in [-0.05, 0) is 54.3 Å². The first-order valence-electron chi connectivity index (χ1n) is 5.88. The average molecular weight is 298 g/mol. The van der Waals surface area contributed by atoms with Crippen LogP contribution in [0, 0.1) is 0 Å². The van der Waals surface area contributed by atoms with E-state index in [2.05, 4.69) is 31.5 Å². The van der Waals surface area contributed by atoms with Gasteiger partial charge in [-0.25, -0.2) is 0 Å². The van der Waals surface area contributed by atoms with Gasteiger partial charge < -0.3 is 10.6 Å². The Kier molecular flexibility index (Phi) is 4.50. The fourth-order valence-corrected chi connectivity index (χ4v) is 2.33. The number of pyridine rings is 1. The summed E-state index contributed by atoms with van der Waals surface area (Å²) in [6.07, 6.45) is 6.41. The van der Waals surface area contributed by atoms with Crippen molar-refractivity contribution in [1.29, 1.82) is 0 Å². The third-order valence-electron chi connectivity index (χ3n) is 2.88. The molecule has 0 spiro atoms. The van der Waals surface area contributed by atoms with E-state index in [0.717, 1.165) is 36.8 Å². The van der Waals surface area contributed by atoms with E-state index in [9.17, 15) is 4.79 Å². The smallest absolute Gasteiger partial charge is 0.253 e. The summed E-state index contributed by atoms with van der Waals surface area (Å²) in [5.74, 6) is -0.0364. The SMILES string of the molecule is O=C(NC1CCCNCC1)c1cncc(Br)c1. The number of halogens is 1. The summed E-state index contributed by atoms with van der Waals surface area (Å²) in [6, 6.07) is 2.06. The number of amides is 1. The van der Waals surface area contributed by atoms with Crippen molar-refractivity contribution in [1.82, 2.24) is 15.6 Å². The van der Waals surface area contributed by atoms with Gasteiger partial charge in [-0.1, -0.05) is 0 Å². The lowest BCUT2D eigenvalue weighted by atomic mass is 10.1. The number of aromatic nitrogens is 1. The average Bonchev–Trinajstić information content (AvgIpc) is 2.57. The van der Waals surface area contributed by atoms with Crippen molar-refractivity contribution in [3.05, 3.63) is 28.5 Å². The van der Waals surface area contributed by atoms with Crippen molar-refractivity contribution >= 4 is 21.8 Å². The zero-order valence-corrected chi connectivity index (χ0v) is 11.2. The number of hydrogen-bond donors (Lipinski definition) is 2. The van der Waals surface area contributed by atoms with Crippen LogP contribution >= 0.6 is 15.9 Å². The van der Waals surface area contributed by atoms with Crippen LogP contribution in [-0.4, -0.2) is 30.0 Å². The molecule has 1 aromatic rings. The highest BCUT2D eigenvalue weighted by atomic mass is 79.9. The fourth-order valence-electron chi connectivity index (χ4n) is 1.97. The highest BCUT2D eigenvalue weighted by Crippen LogP contribution is 2.11. The molecule has 17 heavy (non-hydrogen) atoms. The minimum Gasteiger partial charge on any atom is -0.349 e. The van der Waals surface area contributed by atoms with Crippen molar-refractivity contribution in [3.8, 4) is 0 Å². The van der Waals surface area contributed by atoms with Gasteiger partial charge in [0.05, 0.1) is 5.56 Å². The van der Waals surface area contributed by atoms with Crippen molar-refractivity contribution in [2.45, 2.75) is 25.3 Å². The molecule has 0 aromatic carbocycles. The first kappa shape index (κ1) is 12.5. The van der Waals surface area contributed by atoms with E-state index in [0.29, 0.717) is 5.56 Å². The summed E-state index contributed by atoms with van der Waals surface area (Å²) in [6.45, 7) is 2.02. The van der Waals surface area contributed by atoms with E-state index >= 15 is 0 Å². The Morgan fingerprint density at radius 3 is 3.12 bits per heavy atom. The highest BCUT2D eigenvalue weighted by Gasteiger charge is 2.15. The Morgan fingerprint density at radius 1 is 1.41 bits per heavy atom. The van der Waals surface area contributed by atoms with Crippen LogP contribution in [0.2, 0.25) is 0 Å². The lowest BCUT2D eigenvalue weighted by Crippen LogP contribution is -2.35. The largest absolute Gasteiger partial charge is 0.349 e. The Hall–Kier alpha value is -0.940. The molecule has 0 bridgehead atoms. The molecule has 2 heterocycles. The molecule has 0 radical (unpaired) electrons. The Morgan fingerprint density at radius 2 is 2.29 bits per heavy atom. The van der Waals surface area contributed by atoms with Crippen molar-refractivity contribution in [3.63, 3.8) is 0 Å². The molecule has 1 aromatic heterocycles.